The highest BCUT2D eigenvalue weighted by Crippen LogP contribution is 2.45. The minimum Gasteiger partial charge on any atom is -0.392 e. The Labute approximate surface area is 210 Å². The lowest BCUT2D eigenvalue weighted by atomic mass is 9.63. The van der Waals surface area contributed by atoms with Crippen LogP contribution in [0.1, 0.15) is 54.4 Å². The normalized spacial score (nSPS) is 29.8. The summed E-state index contributed by atoms with van der Waals surface area (Å²) in [6.45, 7) is 9.95. The number of piperidine rings is 2. The van der Waals surface area contributed by atoms with Crippen molar-refractivity contribution in [3.8, 4) is 0 Å². The van der Waals surface area contributed by atoms with Crippen LogP contribution in [-0.4, -0.2) is 87.7 Å². The zero-order valence-electron chi connectivity index (χ0n) is 21.5. The van der Waals surface area contributed by atoms with E-state index in [9.17, 15) is 14.7 Å². The number of carbonyl (C=O) groups is 1. The van der Waals surface area contributed by atoms with Crippen molar-refractivity contribution in [3.05, 3.63) is 45.6 Å². The molecule has 36 heavy (non-hydrogen) atoms. The Kier molecular flexibility index (Phi) is 5.34. The number of hydrogen-bond donors (Lipinski definition) is 2. The van der Waals surface area contributed by atoms with Gasteiger partial charge in [0.05, 0.1) is 23.3 Å². The van der Waals surface area contributed by atoms with E-state index in [1.165, 1.54) is 0 Å². The molecule has 2 aromatic heterocycles. The third-order valence-electron chi connectivity index (χ3n) is 8.64. The average Bonchev–Trinajstić information content (AvgIpc) is 3.28. The maximum Gasteiger partial charge on any atom is 0.274 e. The molecule has 1 aromatic carbocycles. The Balaban J connectivity index is 1.42. The summed E-state index contributed by atoms with van der Waals surface area (Å²) in [5.41, 5.74) is 2.44. The fraction of sp³-hybridized carbons (Fsp3) is 0.593. The molecule has 0 saturated carbocycles. The zero-order valence-corrected chi connectivity index (χ0v) is 21.5. The van der Waals surface area contributed by atoms with Crippen molar-refractivity contribution >= 4 is 22.5 Å². The molecule has 1 amide bonds. The minimum atomic E-state index is -0.461. The van der Waals surface area contributed by atoms with Gasteiger partial charge in [-0.25, -0.2) is 4.98 Å². The fourth-order valence-corrected chi connectivity index (χ4v) is 7.24. The number of ether oxygens (including phenoxy) is 1. The van der Waals surface area contributed by atoms with Crippen molar-refractivity contribution in [3.63, 3.8) is 0 Å². The second-order valence-electron chi connectivity index (χ2n) is 11.9. The molecule has 3 aliphatic heterocycles. The van der Waals surface area contributed by atoms with E-state index in [1.807, 2.05) is 28.4 Å². The monoisotopic (exact) mass is 493 g/mol. The van der Waals surface area contributed by atoms with Gasteiger partial charge in [0.2, 0.25) is 0 Å². The number of imidazole rings is 1. The Morgan fingerprint density at radius 1 is 1.11 bits per heavy atom. The third kappa shape index (κ3) is 3.51. The summed E-state index contributed by atoms with van der Waals surface area (Å²) < 4.78 is 7.49. The number of aliphatic hydroxyl groups is 1. The molecule has 1 unspecified atom stereocenters. The number of fused-ring (bicyclic) bond motifs is 5. The molecule has 192 valence electrons. The maximum atomic E-state index is 13.9. The van der Waals surface area contributed by atoms with Gasteiger partial charge < -0.3 is 24.6 Å². The van der Waals surface area contributed by atoms with E-state index in [0.717, 1.165) is 42.8 Å². The number of H-pyrrole nitrogens is 1. The number of rotatable bonds is 2. The van der Waals surface area contributed by atoms with Crippen LogP contribution in [0, 0.1) is 17.8 Å². The van der Waals surface area contributed by atoms with Gasteiger partial charge in [0.25, 0.3) is 11.5 Å². The topological polar surface area (TPSA) is 103 Å². The van der Waals surface area contributed by atoms with Crippen molar-refractivity contribution in [2.75, 3.05) is 46.4 Å². The Morgan fingerprint density at radius 3 is 2.44 bits per heavy atom. The van der Waals surface area contributed by atoms with Crippen LogP contribution in [-0.2, 0) is 4.74 Å². The molecule has 0 spiro atoms. The first-order valence-corrected chi connectivity index (χ1v) is 12.9. The number of amides is 1. The molecule has 3 atom stereocenters. The van der Waals surface area contributed by atoms with Crippen LogP contribution >= 0.6 is 0 Å². The molecule has 9 nitrogen and oxygen atoms in total. The number of aryl methyl sites for hydroxylation is 1. The predicted molar refractivity (Wildman–Crippen MR) is 136 cm³/mol. The van der Waals surface area contributed by atoms with E-state index in [2.05, 4.69) is 35.8 Å². The van der Waals surface area contributed by atoms with E-state index in [-0.39, 0.29) is 17.4 Å². The van der Waals surface area contributed by atoms with E-state index in [1.54, 1.807) is 6.20 Å². The lowest BCUT2D eigenvalue weighted by molar-refractivity contribution is -0.161. The van der Waals surface area contributed by atoms with Crippen molar-refractivity contribution in [2.45, 2.75) is 45.6 Å². The van der Waals surface area contributed by atoms with Gasteiger partial charge in [0.15, 0.2) is 0 Å². The standard InChI is InChI=1S/C27H35N5O4/c1-16-9-20-19(29-23(33)21-11-28-22(32(20)21)17-5-7-36-8-6-17)10-18(16)24(34)31-14-26(2)12-30(4)13-27(3,15-31)25(26)35/h9-11,17,25,35H,5-8,12-15H2,1-4H3,(H,29,33)/t25?,26-,27+. The molecular weight excluding hydrogens is 458 g/mol. The smallest absolute Gasteiger partial charge is 0.274 e. The van der Waals surface area contributed by atoms with Gasteiger partial charge in [-0.2, -0.15) is 0 Å². The number of aromatic nitrogens is 3. The lowest BCUT2D eigenvalue weighted by Crippen LogP contribution is -2.70. The number of nitrogens with one attached hydrogen (secondary N) is 1. The van der Waals surface area contributed by atoms with Crippen LogP contribution in [0.25, 0.3) is 16.6 Å². The summed E-state index contributed by atoms with van der Waals surface area (Å²) >= 11 is 0. The first-order chi connectivity index (χ1) is 17.1. The van der Waals surface area contributed by atoms with Gasteiger partial charge in [0, 0.05) is 61.7 Å². The van der Waals surface area contributed by atoms with Crippen LogP contribution in [0.3, 0.4) is 0 Å². The first-order valence-electron chi connectivity index (χ1n) is 12.9. The van der Waals surface area contributed by atoms with Crippen molar-refractivity contribution in [1.29, 1.82) is 0 Å². The zero-order chi connectivity index (χ0) is 25.4. The predicted octanol–water partition coefficient (Wildman–Crippen LogP) is 2.15. The second kappa shape index (κ2) is 8.13. The molecule has 3 aromatic rings. The van der Waals surface area contributed by atoms with Crippen LogP contribution in [0.4, 0.5) is 0 Å². The number of carbonyl (C=O) groups excluding carboxylic acids is 1. The van der Waals surface area contributed by atoms with Crippen molar-refractivity contribution in [1.82, 2.24) is 24.2 Å². The van der Waals surface area contributed by atoms with Gasteiger partial charge in [-0.1, -0.05) is 13.8 Å². The number of hydrogen-bond acceptors (Lipinski definition) is 6. The molecular formula is C27H35N5O4. The molecule has 3 fully saturated rings. The summed E-state index contributed by atoms with van der Waals surface area (Å²) in [5, 5.41) is 11.1. The quantitative estimate of drug-likeness (QED) is 0.567. The average molecular weight is 494 g/mol. The minimum absolute atomic E-state index is 0.0560. The molecule has 0 aliphatic carbocycles. The molecule has 3 aliphatic rings. The van der Waals surface area contributed by atoms with E-state index in [0.29, 0.717) is 42.9 Å². The number of likely N-dealkylation sites (tertiary alicyclic amines) is 2. The summed E-state index contributed by atoms with van der Waals surface area (Å²) in [5.74, 6) is 1.05. The summed E-state index contributed by atoms with van der Waals surface area (Å²) in [7, 11) is 2.08. The van der Waals surface area contributed by atoms with Crippen molar-refractivity contribution < 1.29 is 14.6 Å². The molecule has 6 rings (SSSR count). The number of aromatic amines is 1. The van der Waals surface area contributed by atoms with Crippen LogP contribution in [0.5, 0.6) is 0 Å². The Bertz CT molecular complexity index is 1400. The van der Waals surface area contributed by atoms with Crippen LogP contribution in [0.15, 0.2) is 23.1 Å². The lowest BCUT2D eigenvalue weighted by Gasteiger charge is -2.59. The number of aliphatic hydroxyl groups excluding tert-OH is 1. The second-order valence-corrected chi connectivity index (χ2v) is 11.9. The van der Waals surface area contributed by atoms with Gasteiger partial charge in [-0.15, -0.1) is 0 Å². The molecule has 9 heteroatoms. The fourth-order valence-electron chi connectivity index (χ4n) is 7.24. The maximum absolute atomic E-state index is 13.9. The van der Waals surface area contributed by atoms with E-state index >= 15 is 0 Å². The molecule has 0 radical (unpaired) electrons. The molecule has 3 saturated heterocycles. The molecule has 2 bridgehead atoms. The van der Waals surface area contributed by atoms with Gasteiger partial charge in [0.1, 0.15) is 11.3 Å². The van der Waals surface area contributed by atoms with Crippen LogP contribution in [0.2, 0.25) is 0 Å². The van der Waals surface area contributed by atoms with Gasteiger partial charge in [-0.05, 0) is 44.5 Å². The Morgan fingerprint density at radius 2 is 1.78 bits per heavy atom. The van der Waals surface area contributed by atoms with Crippen molar-refractivity contribution in [2.24, 2.45) is 10.8 Å². The molecule has 2 N–H and O–H groups in total. The summed E-state index contributed by atoms with van der Waals surface area (Å²) in [4.78, 5) is 38.6. The summed E-state index contributed by atoms with van der Waals surface area (Å²) in [6, 6.07) is 3.81. The highest BCUT2D eigenvalue weighted by atomic mass is 16.5. The Hall–Kier alpha value is -2.75. The van der Waals surface area contributed by atoms with Crippen LogP contribution < -0.4 is 5.56 Å². The third-order valence-corrected chi connectivity index (χ3v) is 8.64. The number of benzene rings is 1. The number of nitrogens with zero attached hydrogens (tertiary/aromatic N) is 4. The first kappa shape index (κ1) is 23.6. The van der Waals surface area contributed by atoms with E-state index < -0.39 is 16.9 Å². The SMILES string of the molecule is Cc1cc2c(cc1C(=O)N1C[C@]3(C)CN(C)C[C@](C)(C1)C3O)[nH]c(=O)c1cnc(C3CCOCC3)n12. The van der Waals surface area contributed by atoms with E-state index in [4.69, 9.17) is 4.74 Å². The highest BCUT2D eigenvalue weighted by Gasteiger charge is 2.55. The van der Waals surface area contributed by atoms with Gasteiger partial charge >= 0.3 is 0 Å². The van der Waals surface area contributed by atoms with Gasteiger partial charge in [-0.3, -0.25) is 14.0 Å². The largest absolute Gasteiger partial charge is 0.392 e. The highest BCUT2D eigenvalue weighted by molar-refractivity contribution is 5.99. The molecule has 5 heterocycles. The summed E-state index contributed by atoms with van der Waals surface area (Å²) in [6.07, 6.45) is 2.93.